The standard InChI is InChI=1S/C15H17FN4O/c16-12-1-3-13(4-2-12)20-10-18-8-14(20)15(21)19-6-5-11(7-17)9-19/h1-4,8,10-11H,5-7,9,17H2/t11-/m0/s1. The van der Waals surface area contributed by atoms with Gasteiger partial charge in [-0.1, -0.05) is 0 Å². The molecule has 1 aliphatic rings. The third-order valence-corrected chi connectivity index (χ3v) is 3.87. The third-order valence-electron chi connectivity index (χ3n) is 3.87. The van der Waals surface area contributed by atoms with Crippen LogP contribution >= 0.6 is 0 Å². The lowest BCUT2D eigenvalue weighted by Crippen LogP contribution is -2.31. The van der Waals surface area contributed by atoms with Gasteiger partial charge in [-0.3, -0.25) is 9.36 Å². The fourth-order valence-electron chi connectivity index (χ4n) is 2.63. The van der Waals surface area contributed by atoms with E-state index in [4.69, 9.17) is 5.73 Å². The molecular weight excluding hydrogens is 271 g/mol. The minimum atomic E-state index is -0.308. The second-order valence-corrected chi connectivity index (χ2v) is 5.27. The van der Waals surface area contributed by atoms with Gasteiger partial charge in [0, 0.05) is 18.8 Å². The van der Waals surface area contributed by atoms with Crippen LogP contribution in [-0.4, -0.2) is 40.0 Å². The molecule has 2 N–H and O–H groups in total. The predicted molar refractivity (Wildman–Crippen MR) is 76.6 cm³/mol. The number of carbonyl (C=O) groups is 1. The normalized spacial score (nSPS) is 18.2. The molecule has 1 aliphatic heterocycles. The smallest absolute Gasteiger partial charge is 0.272 e. The van der Waals surface area contributed by atoms with Gasteiger partial charge in [0.2, 0.25) is 0 Å². The Labute approximate surface area is 122 Å². The Morgan fingerprint density at radius 3 is 2.81 bits per heavy atom. The topological polar surface area (TPSA) is 64.2 Å². The molecule has 0 unspecified atom stereocenters. The number of halogens is 1. The van der Waals surface area contributed by atoms with E-state index >= 15 is 0 Å². The Morgan fingerprint density at radius 2 is 2.14 bits per heavy atom. The Kier molecular flexibility index (Phi) is 3.70. The number of hydrogen-bond acceptors (Lipinski definition) is 3. The van der Waals surface area contributed by atoms with Gasteiger partial charge >= 0.3 is 0 Å². The third kappa shape index (κ3) is 2.67. The van der Waals surface area contributed by atoms with Gasteiger partial charge < -0.3 is 10.6 Å². The predicted octanol–water partition coefficient (Wildman–Crippen LogP) is 1.43. The van der Waals surface area contributed by atoms with E-state index < -0.39 is 0 Å². The first-order valence-corrected chi connectivity index (χ1v) is 6.96. The summed E-state index contributed by atoms with van der Waals surface area (Å²) in [5, 5.41) is 0. The summed E-state index contributed by atoms with van der Waals surface area (Å²) in [5.41, 5.74) is 6.86. The zero-order chi connectivity index (χ0) is 14.8. The number of aromatic nitrogens is 2. The molecule has 2 aromatic rings. The van der Waals surface area contributed by atoms with Crippen molar-refractivity contribution < 1.29 is 9.18 Å². The van der Waals surface area contributed by atoms with Crippen LogP contribution in [0.2, 0.25) is 0 Å². The van der Waals surface area contributed by atoms with Gasteiger partial charge in [-0.05, 0) is 43.1 Å². The summed E-state index contributed by atoms with van der Waals surface area (Å²) >= 11 is 0. The number of amides is 1. The van der Waals surface area contributed by atoms with Gasteiger partial charge in [-0.2, -0.15) is 0 Å². The van der Waals surface area contributed by atoms with Crippen LogP contribution in [0.15, 0.2) is 36.8 Å². The molecule has 6 heteroatoms. The molecule has 1 amide bonds. The van der Waals surface area contributed by atoms with E-state index in [9.17, 15) is 9.18 Å². The van der Waals surface area contributed by atoms with Gasteiger partial charge in [0.15, 0.2) is 0 Å². The largest absolute Gasteiger partial charge is 0.337 e. The SMILES string of the molecule is NC[C@@H]1CCN(C(=O)c2cncn2-c2ccc(F)cc2)C1. The molecule has 1 aromatic heterocycles. The van der Waals surface area contributed by atoms with Gasteiger partial charge in [-0.15, -0.1) is 0 Å². The second kappa shape index (κ2) is 5.65. The van der Waals surface area contributed by atoms with Crippen LogP contribution in [0.25, 0.3) is 5.69 Å². The van der Waals surface area contributed by atoms with Crippen molar-refractivity contribution in [3.8, 4) is 5.69 Å². The fraction of sp³-hybridized carbons (Fsp3) is 0.333. The highest BCUT2D eigenvalue weighted by atomic mass is 19.1. The van der Waals surface area contributed by atoms with E-state index in [-0.39, 0.29) is 11.7 Å². The van der Waals surface area contributed by atoms with E-state index in [0.717, 1.165) is 13.0 Å². The first-order valence-electron chi connectivity index (χ1n) is 6.96. The Balaban J connectivity index is 1.85. The first kappa shape index (κ1) is 13.8. The summed E-state index contributed by atoms with van der Waals surface area (Å²) < 4.78 is 14.7. The van der Waals surface area contributed by atoms with Crippen LogP contribution in [0.1, 0.15) is 16.9 Å². The number of nitrogens with two attached hydrogens (primary N) is 1. The Hall–Kier alpha value is -2.21. The quantitative estimate of drug-likeness (QED) is 0.929. The second-order valence-electron chi connectivity index (χ2n) is 5.27. The lowest BCUT2D eigenvalue weighted by molar-refractivity contribution is 0.0779. The molecule has 3 rings (SSSR count). The molecule has 0 aliphatic carbocycles. The summed E-state index contributed by atoms with van der Waals surface area (Å²) in [6, 6.07) is 5.98. The van der Waals surface area contributed by atoms with E-state index in [1.807, 2.05) is 0 Å². The van der Waals surface area contributed by atoms with Crippen LogP contribution in [-0.2, 0) is 0 Å². The summed E-state index contributed by atoms with van der Waals surface area (Å²) in [6.07, 6.45) is 4.05. The minimum Gasteiger partial charge on any atom is -0.337 e. The molecule has 1 atom stereocenters. The molecule has 0 radical (unpaired) electrons. The van der Waals surface area contributed by atoms with Gasteiger partial charge in [-0.25, -0.2) is 9.37 Å². The summed E-state index contributed by atoms with van der Waals surface area (Å²) in [4.78, 5) is 18.4. The average Bonchev–Trinajstić information content (AvgIpc) is 3.16. The van der Waals surface area contributed by atoms with Crippen molar-refractivity contribution in [1.29, 1.82) is 0 Å². The molecule has 1 saturated heterocycles. The van der Waals surface area contributed by atoms with Crippen LogP contribution in [0.5, 0.6) is 0 Å². The highest BCUT2D eigenvalue weighted by Crippen LogP contribution is 2.19. The number of nitrogens with zero attached hydrogens (tertiary/aromatic N) is 3. The van der Waals surface area contributed by atoms with Crippen molar-refractivity contribution in [3.05, 3.63) is 48.3 Å². The molecular formula is C15H17FN4O. The van der Waals surface area contributed by atoms with Gasteiger partial charge in [0.1, 0.15) is 11.5 Å². The minimum absolute atomic E-state index is 0.0622. The van der Waals surface area contributed by atoms with E-state index in [1.54, 1.807) is 34.1 Å². The summed E-state index contributed by atoms with van der Waals surface area (Å²) in [6.45, 7) is 2.00. The molecule has 21 heavy (non-hydrogen) atoms. The first-order chi connectivity index (χ1) is 10.2. The number of likely N-dealkylation sites (tertiary alicyclic amines) is 1. The number of benzene rings is 1. The Morgan fingerprint density at radius 1 is 1.38 bits per heavy atom. The lowest BCUT2D eigenvalue weighted by Gasteiger charge is -2.17. The van der Waals surface area contributed by atoms with Gasteiger partial charge in [0.25, 0.3) is 5.91 Å². The highest BCUT2D eigenvalue weighted by Gasteiger charge is 2.27. The number of rotatable bonds is 3. The van der Waals surface area contributed by atoms with Crippen LogP contribution in [0.4, 0.5) is 4.39 Å². The van der Waals surface area contributed by atoms with Crippen molar-refractivity contribution >= 4 is 5.91 Å². The summed E-state index contributed by atoms with van der Waals surface area (Å²) in [5.74, 6) is 0.000917. The fourth-order valence-corrected chi connectivity index (χ4v) is 2.63. The Bertz CT molecular complexity index is 637. The van der Waals surface area contributed by atoms with Crippen LogP contribution < -0.4 is 5.73 Å². The van der Waals surface area contributed by atoms with Crippen molar-refractivity contribution in [2.45, 2.75) is 6.42 Å². The van der Waals surface area contributed by atoms with E-state index in [1.165, 1.54) is 12.1 Å². The number of hydrogen-bond donors (Lipinski definition) is 1. The van der Waals surface area contributed by atoms with Crippen molar-refractivity contribution in [2.24, 2.45) is 11.7 Å². The monoisotopic (exact) mass is 288 g/mol. The van der Waals surface area contributed by atoms with Crippen LogP contribution in [0.3, 0.4) is 0 Å². The van der Waals surface area contributed by atoms with Crippen molar-refractivity contribution in [3.63, 3.8) is 0 Å². The molecule has 1 aromatic carbocycles. The van der Waals surface area contributed by atoms with Gasteiger partial charge in [0.05, 0.1) is 12.5 Å². The molecule has 0 saturated carbocycles. The van der Waals surface area contributed by atoms with E-state index in [0.29, 0.717) is 30.4 Å². The molecule has 110 valence electrons. The lowest BCUT2D eigenvalue weighted by atomic mass is 10.1. The molecule has 0 bridgehead atoms. The molecule has 1 fully saturated rings. The zero-order valence-electron chi connectivity index (χ0n) is 11.6. The zero-order valence-corrected chi connectivity index (χ0v) is 11.6. The molecule has 0 spiro atoms. The number of imidazole rings is 1. The maximum atomic E-state index is 13.0. The van der Waals surface area contributed by atoms with E-state index in [2.05, 4.69) is 4.98 Å². The summed E-state index contributed by atoms with van der Waals surface area (Å²) in [7, 11) is 0. The van der Waals surface area contributed by atoms with Crippen molar-refractivity contribution in [1.82, 2.24) is 14.5 Å². The maximum Gasteiger partial charge on any atom is 0.272 e. The maximum absolute atomic E-state index is 13.0. The van der Waals surface area contributed by atoms with Crippen molar-refractivity contribution in [2.75, 3.05) is 19.6 Å². The molecule has 2 heterocycles. The average molecular weight is 288 g/mol. The highest BCUT2D eigenvalue weighted by molar-refractivity contribution is 5.93. The number of carbonyl (C=O) groups excluding carboxylic acids is 1. The molecule has 5 nitrogen and oxygen atoms in total. The van der Waals surface area contributed by atoms with Crippen LogP contribution in [0, 0.1) is 11.7 Å².